The zero-order valence-electron chi connectivity index (χ0n) is 7.69. The summed E-state index contributed by atoms with van der Waals surface area (Å²) in [6.07, 6.45) is 1.89. The average Bonchev–Trinajstić information content (AvgIpc) is 2.21. The van der Waals surface area contributed by atoms with Gasteiger partial charge in [0, 0.05) is 10.7 Å². The highest BCUT2D eigenvalue weighted by Gasteiger charge is 2.34. The predicted molar refractivity (Wildman–Crippen MR) is 41.7 cm³/mol. The second kappa shape index (κ2) is 7.66. The lowest BCUT2D eigenvalue weighted by molar-refractivity contribution is -0.253. The summed E-state index contributed by atoms with van der Waals surface area (Å²) in [4.78, 5) is 24.9. The Hall–Kier alpha value is -1.60. The molecule has 2 atom stereocenters. The fourth-order valence-corrected chi connectivity index (χ4v) is 0.889. The van der Waals surface area contributed by atoms with Crippen LogP contribution in [0.15, 0.2) is 9.98 Å². The van der Waals surface area contributed by atoms with Gasteiger partial charge in [0.2, 0.25) is 12.2 Å². The number of hydrogen-bond donors (Lipinski definition) is 0. The molecule has 0 bridgehead atoms. The first kappa shape index (κ1) is 14.4. The molecule has 0 amide bonds. The number of rotatable bonds is 7. The molecular weight excluding hydrogens is 236 g/mol. The topological polar surface area (TPSA) is 65.3 Å². The summed E-state index contributed by atoms with van der Waals surface area (Å²) in [5.41, 5.74) is 0. The lowest BCUT2D eigenvalue weighted by atomic mass is 10.1. The Morgan fingerprint density at radius 2 is 1.19 bits per heavy atom. The van der Waals surface area contributed by atoms with Crippen molar-refractivity contribution in [1.82, 2.24) is 10.7 Å². The monoisotopic (exact) mass is 242 g/mol. The van der Waals surface area contributed by atoms with Crippen LogP contribution in [0.4, 0.5) is 17.9 Å². The minimum atomic E-state index is -2.08. The first-order valence-corrected chi connectivity index (χ1v) is 3.83. The number of isocyanates is 2. The second-order valence-electron chi connectivity index (χ2n) is 2.52. The van der Waals surface area contributed by atoms with Crippen molar-refractivity contribution in [2.24, 2.45) is 9.98 Å². The quantitative estimate of drug-likeness (QED) is 0.283. The zero-order valence-corrected chi connectivity index (χ0v) is 7.69. The highest BCUT2D eigenvalue weighted by Crippen LogP contribution is 2.15. The maximum absolute atomic E-state index is 12.2. The third kappa shape index (κ3) is 4.76. The Morgan fingerprint density at radius 3 is 1.38 bits per heavy atom. The third-order valence-electron chi connectivity index (χ3n) is 1.63. The molecule has 0 aliphatic rings. The van der Waals surface area contributed by atoms with Crippen LogP contribution in [-0.4, -0.2) is 48.0 Å². The van der Waals surface area contributed by atoms with Crippen molar-refractivity contribution in [3.05, 3.63) is 0 Å². The van der Waals surface area contributed by atoms with Crippen LogP contribution >= 0.6 is 0 Å². The van der Waals surface area contributed by atoms with Crippen LogP contribution in [0.25, 0.3) is 0 Å². The Labute approximate surface area is 86.6 Å². The van der Waals surface area contributed by atoms with E-state index in [1.807, 2.05) is 0 Å². The number of halogens is 4. The summed E-state index contributed by atoms with van der Waals surface area (Å²) in [6.45, 7) is -1.78. The van der Waals surface area contributed by atoms with E-state index in [4.69, 9.17) is 0 Å². The predicted octanol–water partition coefficient (Wildman–Crippen LogP) is 0.537. The number of carbonyl (C=O) groups excluding carboxylic acids is 2. The van der Waals surface area contributed by atoms with Gasteiger partial charge in [0.1, 0.15) is 12.1 Å². The van der Waals surface area contributed by atoms with Gasteiger partial charge in [-0.05, 0) is 0 Å². The second-order valence-corrected chi connectivity index (χ2v) is 2.52. The molecule has 0 aromatic carbocycles. The fraction of sp³-hybridized carbons (Fsp3) is 0.667. The van der Waals surface area contributed by atoms with Crippen molar-refractivity contribution < 1.29 is 27.5 Å². The smallest absolute Gasteiger partial charge is 0.211 e. The molecule has 0 N–H and O–H groups in total. The van der Waals surface area contributed by atoms with Gasteiger partial charge in [-0.2, -0.15) is 0 Å². The summed E-state index contributed by atoms with van der Waals surface area (Å²) >= 11 is 0. The molecule has 0 aromatic heterocycles. The highest BCUT2D eigenvalue weighted by molar-refractivity contribution is 5.33. The third-order valence-corrected chi connectivity index (χ3v) is 1.63. The van der Waals surface area contributed by atoms with Gasteiger partial charge in [0.15, 0.2) is 0 Å². The van der Waals surface area contributed by atoms with E-state index in [1.54, 1.807) is 0 Å². The summed E-state index contributed by atoms with van der Waals surface area (Å²) in [5, 5.41) is -3.06. The minimum absolute atomic E-state index is 0.889. The Bertz CT molecular complexity index is 271. The van der Waals surface area contributed by atoms with Crippen molar-refractivity contribution >= 4 is 12.2 Å². The van der Waals surface area contributed by atoms with Crippen LogP contribution in [0.1, 0.15) is 0 Å². The van der Waals surface area contributed by atoms with E-state index >= 15 is 0 Å². The molecule has 0 rings (SSSR count). The van der Waals surface area contributed by atoms with Gasteiger partial charge in [-0.3, -0.25) is 0 Å². The Balaban J connectivity index is 4.77. The molecule has 0 spiro atoms. The Kier molecular flexibility index (Phi) is 6.89. The molecule has 90 valence electrons. The fourth-order valence-electron chi connectivity index (χ4n) is 0.889. The highest BCUT2D eigenvalue weighted by atomic mass is 19.4. The van der Waals surface area contributed by atoms with Crippen LogP contribution < -0.4 is 0 Å². The number of hydrogen-bond acceptors (Lipinski definition) is 6. The maximum Gasteiger partial charge on any atom is 0.235 e. The Morgan fingerprint density at radius 1 is 0.875 bits per heavy atom. The number of aliphatic imine (C=N–C) groups is 2. The van der Waals surface area contributed by atoms with Gasteiger partial charge >= 0.3 is 0 Å². The van der Waals surface area contributed by atoms with Crippen molar-refractivity contribution in [1.29, 1.82) is 0 Å². The van der Waals surface area contributed by atoms with Gasteiger partial charge in [-0.15, -0.1) is 17.9 Å². The van der Waals surface area contributed by atoms with Crippen molar-refractivity contribution in [2.75, 3.05) is 13.1 Å². The van der Waals surface area contributed by atoms with E-state index in [9.17, 15) is 27.5 Å². The van der Waals surface area contributed by atoms with Crippen LogP contribution in [-0.2, 0) is 9.59 Å². The van der Waals surface area contributed by atoms with Crippen LogP contribution in [0.3, 0.4) is 0 Å². The van der Waals surface area contributed by atoms with E-state index in [2.05, 4.69) is 9.98 Å². The van der Waals surface area contributed by atoms with E-state index in [-0.39, 0.29) is 0 Å². The van der Waals surface area contributed by atoms with Crippen LogP contribution in [0.5, 0.6) is 0 Å². The standard InChI is InChI=1S/C6H6F4N4O2/c7-13(8)5(1-11-3-15)6(14(9)10)2-12-4-16/h5-6H,1-2H2. The normalized spacial score (nSPS) is 14.1. The molecule has 0 aliphatic carbocycles. The van der Waals surface area contributed by atoms with Crippen molar-refractivity contribution in [3.63, 3.8) is 0 Å². The van der Waals surface area contributed by atoms with Crippen molar-refractivity contribution in [3.8, 4) is 0 Å². The minimum Gasteiger partial charge on any atom is -0.211 e. The molecule has 0 aliphatic heterocycles. The van der Waals surface area contributed by atoms with Gasteiger partial charge in [0.25, 0.3) is 0 Å². The van der Waals surface area contributed by atoms with Crippen LogP contribution in [0, 0.1) is 0 Å². The molecular formula is C6H6F4N4O2. The van der Waals surface area contributed by atoms with E-state index < -0.39 is 35.9 Å². The van der Waals surface area contributed by atoms with Gasteiger partial charge < -0.3 is 0 Å². The largest absolute Gasteiger partial charge is 0.235 e. The molecule has 0 saturated heterocycles. The first-order valence-electron chi connectivity index (χ1n) is 3.83. The molecule has 0 heterocycles. The van der Waals surface area contributed by atoms with Crippen LogP contribution in [0.2, 0.25) is 0 Å². The molecule has 16 heavy (non-hydrogen) atoms. The molecule has 0 aromatic rings. The average molecular weight is 242 g/mol. The summed E-state index contributed by atoms with van der Waals surface area (Å²) < 4.78 is 48.8. The number of nitrogens with zero attached hydrogens (tertiary/aromatic N) is 4. The summed E-state index contributed by atoms with van der Waals surface area (Å²) in [5.74, 6) is 0. The molecule has 0 fully saturated rings. The zero-order chi connectivity index (χ0) is 12.6. The first-order chi connectivity index (χ1) is 7.54. The summed E-state index contributed by atoms with van der Waals surface area (Å²) in [7, 11) is 0. The molecule has 6 nitrogen and oxygen atoms in total. The lowest BCUT2D eigenvalue weighted by Crippen LogP contribution is -2.45. The van der Waals surface area contributed by atoms with Crippen molar-refractivity contribution in [2.45, 2.75) is 12.1 Å². The van der Waals surface area contributed by atoms with E-state index in [0.717, 1.165) is 12.2 Å². The van der Waals surface area contributed by atoms with Gasteiger partial charge in [-0.1, -0.05) is 0 Å². The molecule has 0 radical (unpaired) electrons. The molecule has 0 saturated carbocycles. The SMILES string of the molecule is O=C=NCC(C(CN=C=O)N(F)F)N(F)F. The molecule has 2 unspecified atom stereocenters. The summed E-state index contributed by atoms with van der Waals surface area (Å²) in [6, 6.07) is -4.15. The maximum atomic E-state index is 12.2. The van der Waals surface area contributed by atoms with Gasteiger partial charge in [0.05, 0.1) is 13.1 Å². The molecule has 10 heteroatoms. The van der Waals surface area contributed by atoms with E-state index in [1.165, 1.54) is 0 Å². The lowest BCUT2D eigenvalue weighted by Gasteiger charge is -2.22. The van der Waals surface area contributed by atoms with Gasteiger partial charge in [-0.25, -0.2) is 19.6 Å². The van der Waals surface area contributed by atoms with E-state index in [0.29, 0.717) is 0 Å².